The van der Waals surface area contributed by atoms with Crippen LogP contribution in [-0.4, -0.2) is 95.9 Å². The molecule has 2 aromatic heterocycles. The molecule has 166 valence electrons. The Morgan fingerprint density at radius 3 is 1.38 bits per heavy atom. The lowest BCUT2D eigenvalue weighted by Crippen LogP contribution is -2.46. The van der Waals surface area contributed by atoms with Gasteiger partial charge in [-0.3, -0.25) is 9.97 Å². The molecule has 5 rings (SSSR count). The molecule has 3 aromatic rings. The van der Waals surface area contributed by atoms with Crippen LogP contribution in [0.3, 0.4) is 0 Å². The largest absolute Gasteiger partial charge is 0.346 e. The van der Waals surface area contributed by atoms with Gasteiger partial charge in [-0.15, -0.1) is 0 Å². The molecule has 4 heterocycles. The summed E-state index contributed by atoms with van der Waals surface area (Å²) in [6.45, 7) is 3.96. The number of nitrogens with zero attached hydrogens (tertiary/aromatic N) is 8. The molecule has 8 heteroatoms. The molecule has 0 amide bonds. The number of aromatic nitrogens is 2. The lowest BCUT2D eigenvalue weighted by Gasteiger charge is -2.35. The fourth-order valence-electron chi connectivity index (χ4n) is 4.67. The zero-order chi connectivity index (χ0) is 22.2. The third-order valence-electron chi connectivity index (χ3n) is 6.34. The lowest BCUT2D eigenvalue weighted by atomic mass is 10.1. The van der Waals surface area contributed by atoms with Crippen LogP contribution in [-0.2, 0) is 0 Å². The highest BCUT2D eigenvalue weighted by Crippen LogP contribution is 2.43. The van der Waals surface area contributed by atoms with Crippen molar-refractivity contribution < 1.29 is 0 Å². The van der Waals surface area contributed by atoms with Gasteiger partial charge in [-0.05, 0) is 37.1 Å². The Balaban J connectivity index is 1.85. The van der Waals surface area contributed by atoms with Crippen LogP contribution in [0.15, 0.2) is 46.6 Å². The normalized spacial score (nSPS) is 17.5. The molecule has 32 heavy (non-hydrogen) atoms. The van der Waals surface area contributed by atoms with E-state index in [1.165, 1.54) is 0 Å². The molecule has 0 saturated carbocycles. The van der Waals surface area contributed by atoms with Gasteiger partial charge >= 0.3 is 0 Å². The van der Waals surface area contributed by atoms with Crippen molar-refractivity contribution in [2.45, 2.75) is 12.8 Å². The second kappa shape index (κ2) is 8.26. The van der Waals surface area contributed by atoms with Crippen LogP contribution in [0.1, 0.15) is 12.8 Å². The molecule has 0 radical (unpaired) electrons. The molecule has 0 atom stereocenters. The summed E-state index contributed by atoms with van der Waals surface area (Å²) < 4.78 is 0. The minimum Gasteiger partial charge on any atom is -0.346 e. The highest BCUT2D eigenvalue weighted by Gasteiger charge is 2.23. The number of fused-ring (bicyclic) bond motifs is 3. The van der Waals surface area contributed by atoms with Gasteiger partial charge in [-0.25, -0.2) is 9.98 Å². The lowest BCUT2D eigenvalue weighted by molar-refractivity contribution is 0.318. The van der Waals surface area contributed by atoms with Crippen LogP contribution >= 0.6 is 0 Å². The summed E-state index contributed by atoms with van der Waals surface area (Å²) in [5.74, 6) is 1.91. The average Bonchev–Trinajstić information content (AvgIpc) is 2.80. The Labute approximate surface area is 188 Å². The fraction of sp³-hybridized carbons (Fsp3) is 0.417. The Hall–Kier alpha value is -3.42. The maximum atomic E-state index is 5.23. The first-order valence-corrected chi connectivity index (χ1v) is 11.2. The van der Waals surface area contributed by atoms with Crippen LogP contribution in [0.2, 0.25) is 0 Å². The van der Waals surface area contributed by atoms with E-state index in [4.69, 9.17) is 20.0 Å². The number of benzene rings is 1. The van der Waals surface area contributed by atoms with Crippen LogP contribution < -0.4 is 0 Å². The van der Waals surface area contributed by atoms with E-state index in [9.17, 15) is 0 Å². The topological polar surface area (TPSA) is 63.5 Å². The van der Waals surface area contributed by atoms with Crippen molar-refractivity contribution in [2.24, 2.45) is 9.98 Å². The molecule has 0 bridgehead atoms. The predicted octanol–water partition coefficient (Wildman–Crippen LogP) is 3.29. The average molecular weight is 431 g/mol. The van der Waals surface area contributed by atoms with Gasteiger partial charge in [0.15, 0.2) is 0 Å². The quantitative estimate of drug-likeness (QED) is 0.582. The minimum absolute atomic E-state index is 0.851. The number of pyridine rings is 2. The highest BCUT2D eigenvalue weighted by molar-refractivity contribution is 6.17. The van der Waals surface area contributed by atoms with Gasteiger partial charge in [-0.2, -0.15) is 0 Å². The summed E-state index contributed by atoms with van der Waals surface area (Å²) in [6, 6.07) is 8.09. The van der Waals surface area contributed by atoms with Crippen molar-refractivity contribution in [3.63, 3.8) is 0 Å². The Kier molecular flexibility index (Phi) is 5.28. The summed E-state index contributed by atoms with van der Waals surface area (Å²) in [5, 5.41) is 1.94. The van der Waals surface area contributed by atoms with E-state index in [1.54, 1.807) is 0 Å². The molecule has 1 aromatic carbocycles. The van der Waals surface area contributed by atoms with E-state index in [0.717, 1.165) is 84.1 Å². The van der Waals surface area contributed by atoms with Gasteiger partial charge in [0.25, 0.3) is 0 Å². The molecule has 2 saturated heterocycles. The molecule has 0 aliphatic carbocycles. The maximum Gasteiger partial charge on any atom is 0.201 e. The maximum absolute atomic E-state index is 5.23. The summed E-state index contributed by atoms with van der Waals surface area (Å²) >= 11 is 0. The van der Waals surface area contributed by atoms with E-state index >= 15 is 0 Å². The third-order valence-corrected chi connectivity index (χ3v) is 6.34. The van der Waals surface area contributed by atoms with Gasteiger partial charge in [0, 0.05) is 77.5 Å². The first kappa shape index (κ1) is 20.5. The number of guanidine groups is 2. The van der Waals surface area contributed by atoms with Crippen molar-refractivity contribution in [1.29, 1.82) is 0 Å². The van der Waals surface area contributed by atoms with E-state index in [2.05, 4.69) is 59.9 Å². The van der Waals surface area contributed by atoms with Gasteiger partial charge < -0.3 is 19.6 Å². The molecule has 8 nitrogen and oxygen atoms in total. The van der Waals surface area contributed by atoms with E-state index in [0.29, 0.717) is 0 Å². The van der Waals surface area contributed by atoms with E-state index < -0.39 is 0 Å². The number of aliphatic imine (C=N–C) groups is 2. The second-order valence-electron chi connectivity index (χ2n) is 8.71. The van der Waals surface area contributed by atoms with Crippen LogP contribution in [0.5, 0.6) is 0 Å². The van der Waals surface area contributed by atoms with Gasteiger partial charge in [0.2, 0.25) is 11.9 Å². The van der Waals surface area contributed by atoms with Crippen molar-refractivity contribution >= 4 is 45.1 Å². The summed E-state index contributed by atoms with van der Waals surface area (Å²) in [4.78, 5) is 28.7. The van der Waals surface area contributed by atoms with Gasteiger partial charge in [0.05, 0.1) is 11.0 Å². The monoisotopic (exact) mass is 430 g/mol. The van der Waals surface area contributed by atoms with Crippen molar-refractivity contribution in [2.75, 3.05) is 54.4 Å². The van der Waals surface area contributed by atoms with Crippen molar-refractivity contribution in [1.82, 2.24) is 29.6 Å². The molecule has 2 aliphatic rings. The smallest absolute Gasteiger partial charge is 0.201 e. The molecular formula is C24H30N8. The van der Waals surface area contributed by atoms with Crippen LogP contribution in [0.25, 0.3) is 21.8 Å². The zero-order valence-corrected chi connectivity index (χ0v) is 19.3. The van der Waals surface area contributed by atoms with Crippen LogP contribution in [0.4, 0.5) is 11.4 Å². The number of rotatable bonds is 2. The van der Waals surface area contributed by atoms with Crippen LogP contribution in [0, 0.1) is 0 Å². The minimum atomic E-state index is 0.851. The Morgan fingerprint density at radius 2 is 1.00 bits per heavy atom. The number of hydrogen-bond acceptors (Lipinski definition) is 4. The first-order chi connectivity index (χ1) is 15.5. The fourth-order valence-corrected chi connectivity index (χ4v) is 4.67. The first-order valence-electron chi connectivity index (χ1n) is 11.2. The highest BCUT2D eigenvalue weighted by atomic mass is 15.4. The third kappa shape index (κ3) is 3.49. The van der Waals surface area contributed by atoms with Gasteiger partial charge in [-0.1, -0.05) is 0 Å². The van der Waals surface area contributed by atoms with Gasteiger partial charge in [0.1, 0.15) is 11.4 Å². The van der Waals surface area contributed by atoms with Crippen molar-refractivity contribution in [3.8, 4) is 0 Å². The Morgan fingerprint density at radius 1 is 0.625 bits per heavy atom. The summed E-state index contributed by atoms with van der Waals surface area (Å²) in [6.07, 6.45) is 5.89. The second-order valence-corrected chi connectivity index (χ2v) is 8.71. The number of hydrogen-bond donors (Lipinski definition) is 0. The Bertz CT molecular complexity index is 1100. The molecule has 0 N–H and O–H groups in total. The standard InChI is InChI=1S/C24H30N8/c1-29-13-7-14-30(2)23(29)27-21-17-9-5-11-25-19(17)20-18(10-6-12-26-20)22(21)28-24-31(3)15-8-16-32(24)4/h5-6,9-12H,7-8,13-16H2,1-4H3. The molecular weight excluding hydrogens is 400 g/mol. The SMILES string of the molecule is CN1CCCN(C)C1=Nc1c(N=C2N(C)CCCN2C)c2cccnc2c2ncccc12. The molecule has 2 aliphatic heterocycles. The summed E-state index contributed by atoms with van der Waals surface area (Å²) in [7, 11) is 8.41. The summed E-state index contributed by atoms with van der Waals surface area (Å²) in [5.41, 5.74) is 3.42. The van der Waals surface area contributed by atoms with Crippen molar-refractivity contribution in [3.05, 3.63) is 36.7 Å². The molecule has 0 spiro atoms. The van der Waals surface area contributed by atoms with E-state index in [-0.39, 0.29) is 0 Å². The predicted molar refractivity (Wildman–Crippen MR) is 131 cm³/mol. The molecule has 2 fully saturated rings. The zero-order valence-electron chi connectivity index (χ0n) is 19.3. The molecule has 0 unspecified atom stereocenters. The van der Waals surface area contributed by atoms with E-state index in [1.807, 2.05) is 24.5 Å².